The summed E-state index contributed by atoms with van der Waals surface area (Å²) in [6, 6.07) is 4.99. The Bertz CT molecular complexity index is 302. The van der Waals surface area contributed by atoms with Crippen molar-refractivity contribution in [1.82, 2.24) is 5.32 Å². The molecule has 1 aromatic carbocycles. The van der Waals surface area contributed by atoms with Gasteiger partial charge >= 0.3 is 0 Å². The van der Waals surface area contributed by atoms with Gasteiger partial charge in [0.1, 0.15) is 5.82 Å². The molecule has 1 unspecified atom stereocenters. The molecular formula is C10H14BrFN2. The zero-order chi connectivity index (χ0) is 10.6. The van der Waals surface area contributed by atoms with Gasteiger partial charge < -0.3 is 11.1 Å². The van der Waals surface area contributed by atoms with Crippen LogP contribution < -0.4 is 11.1 Å². The van der Waals surface area contributed by atoms with Crippen LogP contribution in [0.3, 0.4) is 0 Å². The maximum atomic E-state index is 13.2. The van der Waals surface area contributed by atoms with Crippen molar-refractivity contribution in [3.05, 3.63) is 34.1 Å². The Morgan fingerprint density at radius 2 is 2.29 bits per heavy atom. The van der Waals surface area contributed by atoms with Gasteiger partial charge in [-0.15, -0.1) is 0 Å². The summed E-state index contributed by atoms with van der Waals surface area (Å²) in [7, 11) is 0. The topological polar surface area (TPSA) is 38.0 Å². The zero-order valence-corrected chi connectivity index (χ0v) is 9.64. The van der Waals surface area contributed by atoms with E-state index < -0.39 is 0 Å². The van der Waals surface area contributed by atoms with Crippen LogP contribution in [-0.4, -0.2) is 12.6 Å². The highest BCUT2D eigenvalue weighted by Crippen LogP contribution is 2.15. The molecule has 0 aliphatic rings. The third-order valence-corrected chi connectivity index (χ3v) is 2.28. The van der Waals surface area contributed by atoms with Gasteiger partial charge in [0.2, 0.25) is 0 Å². The van der Waals surface area contributed by atoms with Crippen LogP contribution in [0.4, 0.5) is 4.39 Å². The van der Waals surface area contributed by atoms with Crippen LogP contribution in [0.2, 0.25) is 0 Å². The van der Waals surface area contributed by atoms with Crippen molar-refractivity contribution >= 4 is 15.9 Å². The first-order chi connectivity index (χ1) is 6.59. The summed E-state index contributed by atoms with van der Waals surface area (Å²) in [4.78, 5) is 0. The molecule has 0 saturated carbocycles. The van der Waals surface area contributed by atoms with E-state index in [1.807, 2.05) is 6.92 Å². The highest BCUT2D eigenvalue weighted by molar-refractivity contribution is 9.10. The first kappa shape index (κ1) is 11.6. The SMILES string of the molecule is CC(N)CNCc1cc(Br)ccc1F. The standard InChI is InChI=1S/C10H14BrFN2/c1-7(13)5-14-6-8-4-9(11)2-3-10(8)12/h2-4,7,14H,5-6,13H2,1H3. The molecule has 0 fully saturated rings. The van der Waals surface area contributed by atoms with E-state index in [0.717, 1.165) is 4.47 Å². The summed E-state index contributed by atoms with van der Waals surface area (Å²) in [5, 5.41) is 3.08. The van der Waals surface area contributed by atoms with E-state index in [0.29, 0.717) is 18.7 Å². The minimum Gasteiger partial charge on any atom is -0.327 e. The molecule has 1 rings (SSSR count). The van der Waals surface area contributed by atoms with Crippen LogP contribution in [0.25, 0.3) is 0 Å². The first-order valence-electron chi connectivity index (χ1n) is 4.50. The lowest BCUT2D eigenvalue weighted by Gasteiger charge is -2.08. The lowest BCUT2D eigenvalue weighted by Crippen LogP contribution is -2.30. The molecule has 0 saturated heterocycles. The molecule has 0 heterocycles. The van der Waals surface area contributed by atoms with Crippen molar-refractivity contribution in [1.29, 1.82) is 0 Å². The van der Waals surface area contributed by atoms with Gasteiger partial charge in [-0.25, -0.2) is 4.39 Å². The Balaban J connectivity index is 2.53. The molecule has 2 nitrogen and oxygen atoms in total. The van der Waals surface area contributed by atoms with Gasteiger partial charge in [-0.1, -0.05) is 15.9 Å². The monoisotopic (exact) mass is 260 g/mol. The smallest absolute Gasteiger partial charge is 0.127 e. The fourth-order valence-corrected chi connectivity index (χ4v) is 1.52. The Hall–Kier alpha value is -0.450. The van der Waals surface area contributed by atoms with Crippen LogP contribution in [0.15, 0.2) is 22.7 Å². The van der Waals surface area contributed by atoms with E-state index in [1.165, 1.54) is 6.07 Å². The number of rotatable bonds is 4. The molecule has 0 aromatic heterocycles. The van der Waals surface area contributed by atoms with E-state index in [9.17, 15) is 4.39 Å². The first-order valence-corrected chi connectivity index (χ1v) is 5.29. The molecule has 0 aliphatic heterocycles. The third kappa shape index (κ3) is 3.74. The molecule has 0 spiro atoms. The minimum absolute atomic E-state index is 0.0882. The van der Waals surface area contributed by atoms with Crippen LogP contribution in [0.5, 0.6) is 0 Å². The van der Waals surface area contributed by atoms with E-state index in [1.54, 1.807) is 12.1 Å². The highest BCUT2D eigenvalue weighted by atomic mass is 79.9. The van der Waals surface area contributed by atoms with E-state index in [2.05, 4.69) is 21.2 Å². The third-order valence-electron chi connectivity index (χ3n) is 1.79. The number of nitrogens with two attached hydrogens (primary N) is 1. The minimum atomic E-state index is -0.189. The molecule has 3 N–H and O–H groups in total. The normalized spacial score (nSPS) is 12.9. The van der Waals surface area contributed by atoms with Crippen LogP contribution in [-0.2, 0) is 6.54 Å². The molecule has 14 heavy (non-hydrogen) atoms. The quantitative estimate of drug-likeness (QED) is 0.870. The molecule has 0 amide bonds. The maximum Gasteiger partial charge on any atom is 0.127 e. The number of hydrogen-bond acceptors (Lipinski definition) is 2. The Labute approximate surface area is 91.8 Å². The number of benzene rings is 1. The molecule has 0 radical (unpaired) electrons. The summed E-state index contributed by atoms with van der Waals surface area (Å²) >= 11 is 3.30. The van der Waals surface area contributed by atoms with Crippen molar-refractivity contribution in [2.45, 2.75) is 19.5 Å². The maximum absolute atomic E-state index is 13.2. The molecule has 1 atom stereocenters. The lowest BCUT2D eigenvalue weighted by atomic mass is 10.2. The van der Waals surface area contributed by atoms with Gasteiger partial charge in [-0.2, -0.15) is 0 Å². The van der Waals surface area contributed by atoms with Crippen LogP contribution in [0.1, 0.15) is 12.5 Å². The fourth-order valence-electron chi connectivity index (χ4n) is 1.11. The van der Waals surface area contributed by atoms with Crippen molar-refractivity contribution in [3.8, 4) is 0 Å². The van der Waals surface area contributed by atoms with Gasteiger partial charge in [0.05, 0.1) is 0 Å². The van der Waals surface area contributed by atoms with Crippen molar-refractivity contribution in [2.24, 2.45) is 5.73 Å². The van der Waals surface area contributed by atoms with E-state index >= 15 is 0 Å². The molecule has 1 aromatic rings. The molecule has 0 bridgehead atoms. The largest absolute Gasteiger partial charge is 0.327 e. The van der Waals surface area contributed by atoms with Crippen molar-refractivity contribution < 1.29 is 4.39 Å². The number of halogens is 2. The predicted molar refractivity (Wildman–Crippen MR) is 59.5 cm³/mol. The average Bonchev–Trinajstić information content (AvgIpc) is 2.10. The van der Waals surface area contributed by atoms with Crippen molar-refractivity contribution in [2.75, 3.05) is 6.54 Å². The molecule has 0 aliphatic carbocycles. The summed E-state index contributed by atoms with van der Waals surface area (Å²) in [6.07, 6.45) is 0. The summed E-state index contributed by atoms with van der Waals surface area (Å²) in [5.74, 6) is -0.189. The van der Waals surface area contributed by atoms with Crippen LogP contribution in [0, 0.1) is 5.82 Å². The Kier molecular flexibility index (Phi) is 4.51. The Morgan fingerprint density at radius 1 is 1.57 bits per heavy atom. The summed E-state index contributed by atoms with van der Waals surface area (Å²) in [5.41, 5.74) is 6.21. The molecule has 78 valence electrons. The number of hydrogen-bond donors (Lipinski definition) is 2. The summed E-state index contributed by atoms with van der Waals surface area (Å²) in [6.45, 7) is 3.10. The average molecular weight is 261 g/mol. The highest BCUT2D eigenvalue weighted by Gasteiger charge is 2.02. The van der Waals surface area contributed by atoms with Gasteiger partial charge in [0.15, 0.2) is 0 Å². The molecule has 4 heteroatoms. The van der Waals surface area contributed by atoms with Gasteiger partial charge in [0, 0.05) is 29.2 Å². The second-order valence-electron chi connectivity index (χ2n) is 3.34. The van der Waals surface area contributed by atoms with Crippen LogP contribution >= 0.6 is 15.9 Å². The van der Waals surface area contributed by atoms with E-state index in [-0.39, 0.29) is 11.9 Å². The van der Waals surface area contributed by atoms with Gasteiger partial charge in [0.25, 0.3) is 0 Å². The van der Waals surface area contributed by atoms with Crippen molar-refractivity contribution in [3.63, 3.8) is 0 Å². The Morgan fingerprint density at radius 3 is 2.93 bits per heavy atom. The lowest BCUT2D eigenvalue weighted by molar-refractivity contribution is 0.568. The summed E-state index contributed by atoms with van der Waals surface area (Å²) < 4.78 is 14.1. The second-order valence-corrected chi connectivity index (χ2v) is 4.26. The second kappa shape index (κ2) is 5.44. The van der Waals surface area contributed by atoms with Gasteiger partial charge in [-0.05, 0) is 25.1 Å². The zero-order valence-electron chi connectivity index (χ0n) is 8.06. The van der Waals surface area contributed by atoms with Gasteiger partial charge in [-0.3, -0.25) is 0 Å². The fraction of sp³-hybridized carbons (Fsp3) is 0.400. The molecular weight excluding hydrogens is 247 g/mol. The predicted octanol–water partition coefficient (Wildman–Crippen LogP) is 2.03. The number of nitrogens with one attached hydrogen (secondary N) is 1. The van der Waals surface area contributed by atoms with E-state index in [4.69, 9.17) is 5.73 Å².